The number of nitrogens with zero attached hydrogens (tertiary/aromatic N) is 1. The molecule has 1 aliphatic rings. The Balaban J connectivity index is 2.39. The first-order chi connectivity index (χ1) is 8.20. The fourth-order valence-electron chi connectivity index (χ4n) is 2.01. The van der Waals surface area contributed by atoms with Crippen molar-refractivity contribution >= 4 is 21.6 Å². The van der Waals surface area contributed by atoms with Crippen LogP contribution >= 0.6 is 11.8 Å². The van der Waals surface area contributed by atoms with Crippen molar-refractivity contribution in [2.24, 2.45) is 0 Å². The van der Waals surface area contributed by atoms with Crippen LogP contribution in [0.4, 0.5) is 0 Å². The van der Waals surface area contributed by atoms with Crippen LogP contribution in [0.15, 0.2) is 0 Å². The quantitative estimate of drug-likeness (QED) is 0.772. The van der Waals surface area contributed by atoms with Crippen molar-refractivity contribution in [2.45, 2.75) is 38.1 Å². The van der Waals surface area contributed by atoms with E-state index in [0.29, 0.717) is 5.75 Å². The van der Waals surface area contributed by atoms with Crippen molar-refractivity contribution in [1.29, 1.82) is 0 Å². The van der Waals surface area contributed by atoms with Gasteiger partial charge in [0.1, 0.15) is 5.37 Å². The molecule has 1 fully saturated rings. The molecule has 0 aromatic carbocycles. The minimum absolute atomic E-state index is 0.133. The third kappa shape index (κ3) is 5.91. The predicted molar refractivity (Wildman–Crippen MR) is 79.9 cm³/mol. The normalized spacial score (nSPS) is 23.2. The lowest BCUT2D eigenvalue weighted by Crippen LogP contribution is -2.48. The van der Waals surface area contributed by atoms with Crippen LogP contribution in [0.1, 0.15) is 27.2 Å². The van der Waals surface area contributed by atoms with Crippen molar-refractivity contribution in [3.8, 4) is 0 Å². The Hall–Kier alpha value is 0.220. The first-order valence-corrected chi connectivity index (χ1v) is 9.57. The van der Waals surface area contributed by atoms with Crippen LogP contribution in [-0.2, 0) is 9.84 Å². The van der Waals surface area contributed by atoms with E-state index in [0.717, 1.165) is 31.8 Å². The number of sulfone groups is 1. The Bertz CT molecular complexity index is 350. The molecular weight excluding hydrogens is 268 g/mol. The summed E-state index contributed by atoms with van der Waals surface area (Å²) in [6.07, 6.45) is 2.35. The van der Waals surface area contributed by atoms with Crippen LogP contribution in [0.2, 0.25) is 0 Å². The summed E-state index contributed by atoms with van der Waals surface area (Å²) in [4.78, 5) is 2.12. The molecule has 4 nitrogen and oxygen atoms in total. The van der Waals surface area contributed by atoms with Gasteiger partial charge < -0.3 is 5.32 Å². The molecule has 0 amide bonds. The zero-order valence-electron chi connectivity index (χ0n) is 11.9. The second-order valence-electron chi connectivity index (χ2n) is 5.93. The molecule has 1 atom stereocenters. The fraction of sp³-hybridized carbons (Fsp3) is 1.00. The highest BCUT2D eigenvalue weighted by Crippen LogP contribution is 2.20. The van der Waals surface area contributed by atoms with E-state index in [4.69, 9.17) is 0 Å². The van der Waals surface area contributed by atoms with Crippen molar-refractivity contribution in [3.05, 3.63) is 0 Å². The maximum Gasteiger partial charge on any atom is 0.164 e. The molecule has 0 aliphatic carbocycles. The van der Waals surface area contributed by atoms with E-state index in [1.165, 1.54) is 6.26 Å². The lowest BCUT2D eigenvalue weighted by atomic mass is 10.1. The lowest BCUT2D eigenvalue weighted by molar-refractivity contribution is 0.261. The van der Waals surface area contributed by atoms with Crippen molar-refractivity contribution in [1.82, 2.24) is 10.2 Å². The van der Waals surface area contributed by atoms with E-state index in [1.54, 1.807) is 11.8 Å². The van der Waals surface area contributed by atoms with Gasteiger partial charge in [-0.2, -0.15) is 11.8 Å². The van der Waals surface area contributed by atoms with Gasteiger partial charge in [0.15, 0.2) is 9.84 Å². The average Bonchev–Trinajstić information content (AvgIpc) is 2.22. The molecule has 18 heavy (non-hydrogen) atoms. The minimum atomic E-state index is -2.96. The van der Waals surface area contributed by atoms with E-state index in [9.17, 15) is 8.42 Å². The molecule has 0 aromatic rings. The van der Waals surface area contributed by atoms with Crippen LogP contribution in [0.25, 0.3) is 0 Å². The van der Waals surface area contributed by atoms with Crippen LogP contribution < -0.4 is 5.32 Å². The molecule has 1 N–H and O–H groups in total. The summed E-state index contributed by atoms with van der Waals surface area (Å²) in [5, 5.41) is 3.15. The zero-order valence-corrected chi connectivity index (χ0v) is 13.5. The summed E-state index contributed by atoms with van der Waals surface area (Å²) in [6, 6.07) is 0. The zero-order chi connectivity index (χ0) is 13.8. The van der Waals surface area contributed by atoms with Crippen LogP contribution in [0.3, 0.4) is 0 Å². The lowest BCUT2D eigenvalue weighted by Gasteiger charge is -2.34. The molecule has 1 aliphatic heterocycles. The van der Waals surface area contributed by atoms with E-state index in [2.05, 4.69) is 31.0 Å². The summed E-state index contributed by atoms with van der Waals surface area (Å²) in [5.41, 5.74) is 0.133. The maximum absolute atomic E-state index is 11.7. The third-order valence-electron chi connectivity index (χ3n) is 2.96. The molecule has 0 radical (unpaired) electrons. The highest BCUT2D eigenvalue weighted by molar-refractivity contribution is 8.00. The molecule has 0 aromatic heterocycles. The standard InChI is InChI=1S/C12H26N2O2S2/c1-12(2,3)13-6-5-7-14-8-9-17-10-11(14)18(4,15)16/h11,13H,5-10H2,1-4H3. The monoisotopic (exact) mass is 294 g/mol. The Morgan fingerprint density at radius 2 is 2.06 bits per heavy atom. The van der Waals surface area contributed by atoms with Gasteiger partial charge in [0.2, 0.25) is 0 Å². The molecule has 0 spiro atoms. The van der Waals surface area contributed by atoms with Gasteiger partial charge in [-0.3, -0.25) is 4.90 Å². The topological polar surface area (TPSA) is 49.4 Å². The van der Waals surface area contributed by atoms with Gasteiger partial charge in [0.05, 0.1) is 0 Å². The molecule has 6 heteroatoms. The van der Waals surface area contributed by atoms with Gasteiger partial charge in [0.25, 0.3) is 0 Å². The second kappa shape index (κ2) is 6.59. The van der Waals surface area contributed by atoms with E-state index >= 15 is 0 Å². The van der Waals surface area contributed by atoms with Gasteiger partial charge in [-0.05, 0) is 33.7 Å². The number of thioether (sulfide) groups is 1. The predicted octanol–water partition coefficient (Wildman–Crippen LogP) is 1.18. The van der Waals surface area contributed by atoms with E-state index < -0.39 is 9.84 Å². The highest BCUT2D eigenvalue weighted by atomic mass is 32.2. The summed E-state index contributed by atoms with van der Waals surface area (Å²) in [6.45, 7) is 9.11. The van der Waals surface area contributed by atoms with Crippen LogP contribution in [0, 0.1) is 0 Å². The Morgan fingerprint density at radius 3 is 2.61 bits per heavy atom. The summed E-state index contributed by atoms with van der Waals surface area (Å²) < 4.78 is 23.4. The molecule has 1 unspecified atom stereocenters. The third-order valence-corrected chi connectivity index (χ3v) is 5.65. The van der Waals surface area contributed by atoms with Gasteiger partial charge in [0, 0.05) is 36.4 Å². The van der Waals surface area contributed by atoms with Gasteiger partial charge in [-0.25, -0.2) is 8.42 Å². The van der Waals surface area contributed by atoms with Gasteiger partial charge in [-0.1, -0.05) is 0 Å². The second-order valence-corrected chi connectivity index (χ2v) is 9.28. The van der Waals surface area contributed by atoms with Crippen LogP contribution in [0.5, 0.6) is 0 Å². The molecule has 1 saturated heterocycles. The minimum Gasteiger partial charge on any atom is -0.312 e. The van der Waals surface area contributed by atoms with Crippen molar-refractivity contribution < 1.29 is 8.42 Å². The first kappa shape index (κ1) is 16.3. The van der Waals surface area contributed by atoms with Crippen molar-refractivity contribution in [2.75, 3.05) is 37.4 Å². The number of rotatable bonds is 5. The summed E-state index contributed by atoms with van der Waals surface area (Å²) >= 11 is 1.74. The van der Waals surface area contributed by atoms with E-state index in [-0.39, 0.29) is 10.9 Å². The Kier molecular flexibility index (Phi) is 5.96. The highest BCUT2D eigenvalue weighted by Gasteiger charge is 2.30. The van der Waals surface area contributed by atoms with Gasteiger partial charge >= 0.3 is 0 Å². The molecule has 1 heterocycles. The maximum atomic E-state index is 11.7. The van der Waals surface area contributed by atoms with Gasteiger partial charge in [-0.15, -0.1) is 0 Å². The average molecular weight is 294 g/mol. The largest absolute Gasteiger partial charge is 0.312 e. The van der Waals surface area contributed by atoms with E-state index in [1.807, 2.05) is 0 Å². The number of hydrogen-bond acceptors (Lipinski definition) is 5. The summed E-state index contributed by atoms with van der Waals surface area (Å²) in [5.74, 6) is 1.75. The smallest absolute Gasteiger partial charge is 0.164 e. The Labute approximate surface area is 116 Å². The number of nitrogens with one attached hydrogen (secondary N) is 1. The Morgan fingerprint density at radius 1 is 1.39 bits per heavy atom. The number of hydrogen-bond donors (Lipinski definition) is 1. The SMILES string of the molecule is CC(C)(C)NCCCN1CCSCC1S(C)(=O)=O. The molecular formula is C12H26N2O2S2. The first-order valence-electron chi connectivity index (χ1n) is 6.46. The van der Waals surface area contributed by atoms with Crippen LogP contribution in [-0.4, -0.2) is 61.6 Å². The molecule has 0 saturated carbocycles. The molecule has 108 valence electrons. The summed E-state index contributed by atoms with van der Waals surface area (Å²) in [7, 11) is -2.96. The van der Waals surface area contributed by atoms with Crippen molar-refractivity contribution in [3.63, 3.8) is 0 Å². The fourth-order valence-corrected chi connectivity index (χ4v) is 4.98. The molecule has 1 rings (SSSR count). The molecule has 0 bridgehead atoms.